The van der Waals surface area contributed by atoms with E-state index in [2.05, 4.69) is 22.4 Å². The first kappa shape index (κ1) is 17.2. The van der Waals surface area contributed by atoms with E-state index in [1.165, 1.54) is 11.3 Å². The molecule has 25 heavy (non-hydrogen) atoms. The lowest BCUT2D eigenvalue weighted by Gasteiger charge is -2.11. The van der Waals surface area contributed by atoms with E-state index in [9.17, 15) is 9.59 Å². The van der Waals surface area contributed by atoms with Gasteiger partial charge in [0.1, 0.15) is 5.92 Å². The maximum Gasteiger partial charge on any atom is 0.187 e. The summed E-state index contributed by atoms with van der Waals surface area (Å²) in [5, 5.41) is 9.34. The Kier molecular flexibility index (Phi) is 5.16. The largest absolute Gasteiger partial charge is 0.358 e. The lowest BCUT2D eigenvalue weighted by Crippen LogP contribution is -2.35. The van der Waals surface area contributed by atoms with Gasteiger partial charge in [0.2, 0.25) is 0 Å². The molecule has 2 N–H and O–H groups in total. The van der Waals surface area contributed by atoms with Crippen molar-refractivity contribution in [3.05, 3.63) is 70.4 Å². The SMILES string of the molecule is C=CCNC(=S)N/N=C(/c1cccs1)C1C(=O)c2ccccc2C1=O. The minimum Gasteiger partial charge on any atom is -0.358 e. The van der Waals surface area contributed by atoms with Crippen molar-refractivity contribution in [1.82, 2.24) is 10.7 Å². The first-order valence-electron chi connectivity index (χ1n) is 7.57. The van der Waals surface area contributed by atoms with Gasteiger partial charge in [-0.15, -0.1) is 17.9 Å². The summed E-state index contributed by atoms with van der Waals surface area (Å²) in [4.78, 5) is 26.3. The van der Waals surface area contributed by atoms with E-state index >= 15 is 0 Å². The third-order valence-corrected chi connectivity index (χ3v) is 4.84. The summed E-state index contributed by atoms with van der Waals surface area (Å²) in [7, 11) is 0. The van der Waals surface area contributed by atoms with Crippen LogP contribution in [0.15, 0.2) is 59.5 Å². The number of rotatable bonds is 5. The van der Waals surface area contributed by atoms with Gasteiger partial charge in [0.25, 0.3) is 0 Å². The Bertz CT molecular complexity index is 837. The third-order valence-electron chi connectivity index (χ3n) is 3.71. The molecule has 0 unspecified atom stereocenters. The summed E-state index contributed by atoms with van der Waals surface area (Å²) in [6.07, 6.45) is 1.67. The van der Waals surface area contributed by atoms with Gasteiger partial charge in [-0.3, -0.25) is 15.0 Å². The zero-order chi connectivity index (χ0) is 17.8. The summed E-state index contributed by atoms with van der Waals surface area (Å²) >= 11 is 6.54. The number of Topliss-reactive ketones (excluding diaryl/α,β-unsaturated/α-hetero) is 2. The number of ketones is 2. The molecule has 1 heterocycles. The minimum atomic E-state index is -0.953. The number of carbonyl (C=O) groups is 2. The molecule has 0 bridgehead atoms. The van der Waals surface area contributed by atoms with Crippen LogP contribution >= 0.6 is 23.6 Å². The van der Waals surface area contributed by atoms with Crippen LogP contribution in [0.3, 0.4) is 0 Å². The summed E-state index contributed by atoms with van der Waals surface area (Å²) < 4.78 is 0. The molecule has 5 nitrogen and oxygen atoms in total. The number of nitrogens with one attached hydrogen (secondary N) is 2. The smallest absolute Gasteiger partial charge is 0.187 e. The first-order valence-corrected chi connectivity index (χ1v) is 8.86. The predicted octanol–water partition coefficient (Wildman–Crippen LogP) is 2.80. The molecule has 0 fully saturated rings. The highest BCUT2D eigenvalue weighted by Crippen LogP contribution is 2.30. The molecular weight excluding hydrogens is 354 g/mol. The number of carbonyl (C=O) groups excluding carboxylic acids is 2. The maximum atomic E-state index is 12.8. The van der Waals surface area contributed by atoms with Crippen molar-refractivity contribution in [3.63, 3.8) is 0 Å². The van der Waals surface area contributed by atoms with Crippen LogP contribution in [0.25, 0.3) is 0 Å². The van der Waals surface area contributed by atoms with Gasteiger partial charge in [0.05, 0.1) is 10.6 Å². The molecule has 7 heteroatoms. The van der Waals surface area contributed by atoms with Crippen LogP contribution in [0.2, 0.25) is 0 Å². The first-order chi connectivity index (χ1) is 12.1. The molecule has 0 saturated carbocycles. The highest BCUT2D eigenvalue weighted by atomic mass is 32.1. The molecule has 0 amide bonds. The van der Waals surface area contributed by atoms with E-state index in [-0.39, 0.29) is 11.6 Å². The van der Waals surface area contributed by atoms with Crippen LogP contribution in [-0.2, 0) is 0 Å². The van der Waals surface area contributed by atoms with E-state index in [1.54, 1.807) is 30.3 Å². The highest BCUT2D eigenvalue weighted by Gasteiger charge is 2.42. The highest BCUT2D eigenvalue weighted by molar-refractivity contribution is 7.80. The topological polar surface area (TPSA) is 70.6 Å². The standard InChI is InChI=1S/C18H15N3O2S2/c1-2-9-19-18(24)21-20-15(13-8-5-10-25-13)14-16(22)11-6-3-4-7-12(11)17(14)23/h2-8,10,14H,1,9H2,(H2,19,21,24)/b20-15-. The van der Waals surface area contributed by atoms with Gasteiger partial charge in [-0.1, -0.05) is 36.4 Å². The molecule has 0 radical (unpaired) electrons. The fraction of sp³-hybridized carbons (Fsp3) is 0.111. The van der Waals surface area contributed by atoms with E-state index in [0.29, 0.717) is 28.5 Å². The Balaban J connectivity index is 1.94. The van der Waals surface area contributed by atoms with Crippen LogP contribution in [0.5, 0.6) is 0 Å². The average Bonchev–Trinajstić information content (AvgIpc) is 3.24. The van der Waals surface area contributed by atoms with Crippen molar-refractivity contribution >= 4 is 45.9 Å². The molecular formula is C18H15N3O2S2. The van der Waals surface area contributed by atoms with Crippen molar-refractivity contribution in [1.29, 1.82) is 0 Å². The van der Waals surface area contributed by atoms with Gasteiger partial charge >= 0.3 is 0 Å². The van der Waals surface area contributed by atoms with Crippen molar-refractivity contribution in [3.8, 4) is 0 Å². The molecule has 0 spiro atoms. The molecule has 1 aliphatic rings. The van der Waals surface area contributed by atoms with E-state index in [1.807, 2.05) is 17.5 Å². The monoisotopic (exact) mass is 369 g/mol. The number of hydrogen-bond donors (Lipinski definition) is 2. The van der Waals surface area contributed by atoms with Crippen LogP contribution in [0.4, 0.5) is 0 Å². The molecule has 0 aliphatic heterocycles. The van der Waals surface area contributed by atoms with Crippen molar-refractivity contribution in [2.45, 2.75) is 0 Å². The molecule has 1 aromatic carbocycles. The number of hydrogen-bond acceptors (Lipinski definition) is 5. The maximum absolute atomic E-state index is 12.8. The zero-order valence-corrected chi connectivity index (χ0v) is 14.8. The van der Waals surface area contributed by atoms with E-state index in [0.717, 1.165) is 4.88 Å². The van der Waals surface area contributed by atoms with Gasteiger partial charge in [0, 0.05) is 17.7 Å². The molecule has 3 rings (SSSR count). The van der Waals surface area contributed by atoms with Gasteiger partial charge in [-0.05, 0) is 23.7 Å². The molecule has 2 aromatic rings. The minimum absolute atomic E-state index is 0.237. The van der Waals surface area contributed by atoms with Crippen molar-refractivity contribution in [2.24, 2.45) is 11.0 Å². The molecule has 126 valence electrons. The van der Waals surface area contributed by atoms with Crippen LogP contribution < -0.4 is 10.7 Å². The van der Waals surface area contributed by atoms with E-state index in [4.69, 9.17) is 12.2 Å². The van der Waals surface area contributed by atoms with Crippen molar-refractivity contribution in [2.75, 3.05) is 6.54 Å². The average molecular weight is 369 g/mol. The third kappa shape index (κ3) is 3.42. The predicted molar refractivity (Wildman–Crippen MR) is 103 cm³/mol. The van der Waals surface area contributed by atoms with Crippen LogP contribution in [0, 0.1) is 5.92 Å². The Labute approximate surface area is 154 Å². The second kappa shape index (κ2) is 7.50. The van der Waals surface area contributed by atoms with Crippen LogP contribution in [-0.4, -0.2) is 28.9 Å². The Morgan fingerprint density at radius 3 is 2.44 bits per heavy atom. The van der Waals surface area contributed by atoms with Crippen LogP contribution in [0.1, 0.15) is 25.6 Å². The quantitative estimate of drug-likeness (QED) is 0.279. The Morgan fingerprint density at radius 1 is 1.20 bits per heavy atom. The second-order valence-corrected chi connectivity index (χ2v) is 6.65. The fourth-order valence-corrected chi connectivity index (χ4v) is 3.47. The number of benzene rings is 1. The normalized spacial score (nSPS) is 14.3. The fourth-order valence-electron chi connectivity index (χ4n) is 2.59. The molecule has 0 saturated heterocycles. The number of thiophene rings is 1. The van der Waals surface area contributed by atoms with Gasteiger partial charge in [0.15, 0.2) is 16.7 Å². The Hall–Kier alpha value is -2.64. The number of nitrogens with zero attached hydrogens (tertiary/aromatic N) is 1. The lowest BCUT2D eigenvalue weighted by molar-refractivity contribution is 0.0883. The summed E-state index contributed by atoms with van der Waals surface area (Å²) in [6.45, 7) is 4.09. The summed E-state index contributed by atoms with van der Waals surface area (Å²) in [5.74, 6) is -1.43. The van der Waals surface area contributed by atoms with Gasteiger partial charge < -0.3 is 5.32 Å². The lowest BCUT2D eigenvalue weighted by atomic mass is 9.96. The summed E-state index contributed by atoms with van der Waals surface area (Å²) in [6, 6.07) is 10.5. The second-order valence-electron chi connectivity index (χ2n) is 5.29. The zero-order valence-electron chi connectivity index (χ0n) is 13.2. The Morgan fingerprint density at radius 2 is 1.88 bits per heavy atom. The number of fused-ring (bicyclic) bond motifs is 1. The summed E-state index contributed by atoms with van der Waals surface area (Å²) in [5.41, 5.74) is 3.97. The number of hydrazone groups is 1. The molecule has 1 aromatic heterocycles. The van der Waals surface area contributed by atoms with E-state index < -0.39 is 5.92 Å². The number of thiocarbonyl (C=S) groups is 1. The van der Waals surface area contributed by atoms with Crippen molar-refractivity contribution < 1.29 is 9.59 Å². The molecule has 1 aliphatic carbocycles. The van der Waals surface area contributed by atoms with Gasteiger partial charge in [-0.2, -0.15) is 5.10 Å². The molecule has 0 atom stereocenters. The van der Waals surface area contributed by atoms with Gasteiger partial charge in [-0.25, -0.2) is 0 Å².